The molecule has 0 radical (unpaired) electrons. The van der Waals surface area contributed by atoms with Crippen LogP contribution >= 0.6 is 39.1 Å². The Balaban J connectivity index is 2.23. The molecule has 96 valence electrons. The van der Waals surface area contributed by atoms with Gasteiger partial charge in [0, 0.05) is 20.1 Å². The molecule has 0 aliphatic rings. The first kappa shape index (κ1) is 13.0. The van der Waals surface area contributed by atoms with Crippen LogP contribution in [0.15, 0.2) is 34.8 Å². The van der Waals surface area contributed by atoms with Gasteiger partial charge in [0.25, 0.3) is 0 Å². The van der Waals surface area contributed by atoms with E-state index in [4.69, 9.17) is 23.2 Å². The number of nitrogens with zero attached hydrogens (tertiary/aromatic N) is 1. The largest absolute Gasteiger partial charge is 0.338 e. The van der Waals surface area contributed by atoms with Crippen molar-refractivity contribution in [3.05, 3.63) is 50.4 Å². The van der Waals surface area contributed by atoms with Crippen LogP contribution in [0.3, 0.4) is 0 Å². The van der Waals surface area contributed by atoms with Crippen molar-refractivity contribution < 1.29 is 0 Å². The van der Waals surface area contributed by atoms with E-state index in [9.17, 15) is 0 Å². The highest BCUT2D eigenvalue weighted by Crippen LogP contribution is 2.29. The quantitative estimate of drug-likeness (QED) is 0.604. The Labute approximate surface area is 128 Å². The van der Waals surface area contributed by atoms with E-state index in [0.29, 0.717) is 10.0 Å². The number of hydrogen-bond donors (Lipinski definition) is 1. The van der Waals surface area contributed by atoms with Crippen molar-refractivity contribution in [2.45, 2.75) is 6.92 Å². The first-order chi connectivity index (χ1) is 9.02. The molecule has 1 aromatic heterocycles. The van der Waals surface area contributed by atoms with E-state index in [1.54, 1.807) is 6.07 Å². The molecule has 0 saturated heterocycles. The molecule has 1 heterocycles. The molecule has 0 fully saturated rings. The van der Waals surface area contributed by atoms with Crippen molar-refractivity contribution in [1.82, 2.24) is 9.97 Å². The molecule has 0 spiro atoms. The molecule has 0 bridgehead atoms. The number of benzene rings is 2. The van der Waals surface area contributed by atoms with E-state index in [1.165, 1.54) is 0 Å². The van der Waals surface area contributed by atoms with Crippen LogP contribution < -0.4 is 0 Å². The Hall–Kier alpha value is -1.03. The molecule has 0 amide bonds. The number of H-pyrrole nitrogens is 1. The van der Waals surface area contributed by atoms with Crippen molar-refractivity contribution >= 4 is 50.2 Å². The van der Waals surface area contributed by atoms with E-state index < -0.39 is 0 Å². The maximum absolute atomic E-state index is 6.02. The highest BCUT2D eigenvalue weighted by molar-refractivity contribution is 9.10. The lowest BCUT2D eigenvalue weighted by Crippen LogP contribution is -1.81. The van der Waals surface area contributed by atoms with Gasteiger partial charge >= 0.3 is 0 Å². The predicted octanol–water partition coefficient (Wildman–Crippen LogP) is 5.61. The molecule has 3 aromatic rings. The van der Waals surface area contributed by atoms with Gasteiger partial charge in [-0.1, -0.05) is 39.1 Å². The zero-order valence-electron chi connectivity index (χ0n) is 9.97. The van der Waals surface area contributed by atoms with Crippen LogP contribution in [0.5, 0.6) is 0 Å². The first-order valence-electron chi connectivity index (χ1n) is 5.65. The summed E-state index contributed by atoms with van der Waals surface area (Å²) in [6.07, 6.45) is 0. The van der Waals surface area contributed by atoms with Crippen LogP contribution in [0, 0.1) is 6.92 Å². The average molecular weight is 356 g/mol. The monoisotopic (exact) mass is 354 g/mol. The van der Waals surface area contributed by atoms with Crippen LogP contribution in [-0.2, 0) is 0 Å². The highest BCUT2D eigenvalue weighted by Gasteiger charge is 2.09. The Morgan fingerprint density at radius 1 is 1.05 bits per heavy atom. The second-order valence-corrected chi connectivity index (χ2v) is 6.15. The van der Waals surface area contributed by atoms with Gasteiger partial charge in [-0.15, -0.1) is 0 Å². The van der Waals surface area contributed by atoms with Crippen LogP contribution in [0.2, 0.25) is 10.0 Å². The van der Waals surface area contributed by atoms with Gasteiger partial charge in [-0.3, -0.25) is 0 Å². The van der Waals surface area contributed by atoms with Gasteiger partial charge in [0.2, 0.25) is 0 Å². The summed E-state index contributed by atoms with van der Waals surface area (Å²) in [5, 5.41) is 1.20. The molecule has 5 heteroatoms. The number of hydrogen-bond acceptors (Lipinski definition) is 1. The number of nitrogens with one attached hydrogen (secondary N) is 1. The molecule has 0 aliphatic heterocycles. The number of aryl methyl sites for hydroxylation is 1. The maximum Gasteiger partial charge on any atom is 0.138 e. The zero-order valence-corrected chi connectivity index (χ0v) is 13.1. The lowest BCUT2D eigenvalue weighted by molar-refractivity contribution is 1.33. The number of aromatic amines is 1. The van der Waals surface area contributed by atoms with Gasteiger partial charge in [0.05, 0.1) is 11.0 Å². The van der Waals surface area contributed by atoms with Crippen LogP contribution in [0.4, 0.5) is 0 Å². The summed E-state index contributed by atoms with van der Waals surface area (Å²) in [7, 11) is 0. The molecule has 1 N–H and O–H groups in total. The van der Waals surface area contributed by atoms with E-state index in [2.05, 4.69) is 25.9 Å². The Kier molecular flexibility index (Phi) is 3.29. The van der Waals surface area contributed by atoms with Crippen molar-refractivity contribution in [1.29, 1.82) is 0 Å². The summed E-state index contributed by atoms with van der Waals surface area (Å²) in [5.41, 5.74) is 3.93. The normalized spacial score (nSPS) is 11.2. The van der Waals surface area contributed by atoms with E-state index in [-0.39, 0.29) is 0 Å². The van der Waals surface area contributed by atoms with Crippen LogP contribution in [0.1, 0.15) is 5.56 Å². The fraction of sp³-hybridized carbons (Fsp3) is 0.0714. The Morgan fingerprint density at radius 2 is 1.74 bits per heavy atom. The third-order valence-corrected chi connectivity index (χ3v) is 3.77. The Bertz CT molecular complexity index is 760. The summed E-state index contributed by atoms with van der Waals surface area (Å²) in [6.45, 7) is 2.03. The number of rotatable bonds is 1. The van der Waals surface area contributed by atoms with Crippen LogP contribution in [-0.4, -0.2) is 9.97 Å². The summed E-state index contributed by atoms with van der Waals surface area (Å²) < 4.78 is 1.02. The molecule has 2 aromatic carbocycles. The highest BCUT2D eigenvalue weighted by atomic mass is 79.9. The van der Waals surface area contributed by atoms with Crippen molar-refractivity contribution in [3.8, 4) is 11.4 Å². The molecule has 0 atom stereocenters. The fourth-order valence-electron chi connectivity index (χ4n) is 2.07. The first-order valence-corrected chi connectivity index (χ1v) is 7.20. The van der Waals surface area contributed by atoms with Crippen molar-refractivity contribution in [3.63, 3.8) is 0 Å². The zero-order chi connectivity index (χ0) is 13.6. The topological polar surface area (TPSA) is 28.7 Å². The van der Waals surface area contributed by atoms with Crippen LogP contribution in [0.25, 0.3) is 22.4 Å². The van der Waals surface area contributed by atoms with Gasteiger partial charge in [0.15, 0.2) is 0 Å². The average Bonchev–Trinajstić information content (AvgIpc) is 2.71. The molecule has 2 nitrogen and oxygen atoms in total. The van der Waals surface area contributed by atoms with Gasteiger partial charge in [-0.05, 0) is 42.8 Å². The van der Waals surface area contributed by atoms with E-state index in [1.807, 2.05) is 31.2 Å². The molecule has 19 heavy (non-hydrogen) atoms. The molecule has 3 rings (SSSR count). The standard InChI is InChI=1S/C14H9BrCl2N2/c1-7-2-9(15)5-12-13(7)19-14(18-12)8-3-10(16)6-11(17)4-8/h2-6H,1H3,(H,18,19). The van der Waals surface area contributed by atoms with Crippen molar-refractivity contribution in [2.75, 3.05) is 0 Å². The SMILES string of the molecule is Cc1cc(Br)cc2[nH]c(-c3cc(Cl)cc(Cl)c3)nc12. The minimum Gasteiger partial charge on any atom is -0.338 e. The minimum absolute atomic E-state index is 0.598. The number of aromatic nitrogens is 2. The number of halogens is 3. The maximum atomic E-state index is 6.02. The number of fused-ring (bicyclic) bond motifs is 1. The second-order valence-electron chi connectivity index (χ2n) is 4.36. The van der Waals surface area contributed by atoms with Crippen molar-refractivity contribution in [2.24, 2.45) is 0 Å². The molecule has 0 aliphatic carbocycles. The predicted molar refractivity (Wildman–Crippen MR) is 84.0 cm³/mol. The second kappa shape index (κ2) is 4.82. The van der Waals surface area contributed by atoms with Gasteiger partial charge < -0.3 is 4.98 Å². The van der Waals surface area contributed by atoms with Gasteiger partial charge in [-0.2, -0.15) is 0 Å². The van der Waals surface area contributed by atoms with Gasteiger partial charge in [0.1, 0.15) is 5.82 Å². The van der Waals surface area contributed by atoms with Gasteiger partial charge in [-0.25, -0.2) is 4.98 Å². The molecular formula is C14H9BrCl2N2. The summed E-state index contributed by atoms with van der Waals surface area (Å²) in [6, 6.07) is 9.44. The molecular weight excluding hydrogens is 347 g/mol. The number of imidazole rings is 1. The fourth-order valence-corrected chi connectivity index (χ4v) is 3.17. The van der Waals surface area contributed by atoms with E-state index in [0.717, 1.165) is 32.5 Å². The molecule has 0 unspecified atom stereocenters. The Morgan fingerprint density at radius 3 is 2.42 bits per heavy atom. The van der Waals surface area contributed by atoms with E-state index >= 15 is 0 Å². The smallest absolute Gasteiger partial charge is 0.138 e. The lowest BCUT2D eigenvalue weighted by Gasteiger charge is -1.98. The third kappa shape index (κ3) is 2.50. The lowest BCUT2D eigenvalue weighted by atomic mass is 10.2. The summed E-state index contributed by atoms with van der Waals surface area (Å²) in [5.74, 6) is 0.764. The summed E-state index contributed by atoms with van der Waals surface area (Å²) >= 11 is 15.5. The summed E-state index contributed by atoms with van der Waals surface area (Å²) in [4.78, 5) is 7.90. The minimum atomic E-state index is 0.598. The molecule has 0 saturated carbocycles. The third-order valence-electron chi connectivity index (χ3n) is 2.88.